The molecule has 0 aliphatic carbocycles. The molecule has 0 aliphatic heterocycles. The van der Waals surface area contributed by atoms with E-state index in [1.54, 1.807) is 21.3 Å². The van der Waals surface area contributed by atoms with E-state index in [-0.39, 0.29) is 12.4 Å². The molecule has 2 aromatic carbocycles. The van der Waals surface area contributed by atoms with Gasteiger partial charge in [-0.15, -0.1) is 12.4 Å². The number of ether oxygens (including phenoxy) is 3. The molecule has 0 saturated heterocycles. The molecule has 7 heteroatoms. The zero-order chi connectivity index (χ0) is 16.2. The fourth-order valence-electron chi connectivity index (χ4n) is 2.31. The van der Waals surface area contributed by atoms with Crippen LogP contribution < -0.4 is 19.5 Å². The first kappa shape index (κ1) is 17.6. The highest BCUT2D eigenvalue weighted by atomic mass is 35.5. The van der Waals surface area contributed by atoms with E-state index < -0.39 is 0 Å². The van der Waals surface area contributed by atoms with Crippen LogP contribution in [0.2, 0.25) is 0 Å². The van der Waals surface area contributed by atoms with Crippen LogP contribution in [0.25, 0.3) is 10.9 Å². The lowest BCUT2D eigenvalue weighted by molar-refractivity contribution is 0.355. The molecule has 0 saturated carbocycles. The number of nitrogens with one attached hydrogen (secondary N) is 1. The molecule has 0 spiro atoms. The summed E-state index contributed by atoms with van der Waals surface area (Å²) in [4.78, 5) is 8.60. The van der Waals surface area contributed by atoms with E-state index in [2.05, 4.69) is 15.3 Å². The van der Waals surface area contributed by atoms with Crippen LogP contribution >= 0.6 is 12.4 Å². The second-order valence-electron chi connectivity index (χ2n) is 4.80. The molecule has 6 nitrogen and oxygen atoms in total. The molecule has 0 atom stereocenters. The van der Waals surface area contributed by atoms with Gasteiger partial charge in [0.25, 0.3) is 0 Å². The van der Waals surface area contributed by atoms with Gasteiger partial charge < -0.3 is 19.5 Å². The van der Waals surface area contributed by atoms with Crippen LogP contribution in [-0.2, 0) is 0 Å². The molecule has 0 aliphatic rings. The molecule has 0 bridgehead atoms. The minimum absolute atomic E-state index is 0. The fourth-order valence-corrected chi connectivity index (χ4v) is 2.31. The average molecular weight is 348 g/mol. The number of fused-ring (bicyclic) bond motifs is 1. The van der Waals surface area contributed by atoms with Crippen LogP contribution in [-0.4, -0.2) is 31.3 Å². The number of methoxy groups -OCH3 is 3. The number of halogens is 1. The summed E-state index contributed by atoms with van der Waals surface area (Å²) in [6, 6.07) is 11.3. The number of rotatable bonds is 5. The maximum Gasteiger partial charge on any atom is 0.162 e. The molecular weight excluding hydrogens is 330 g/mol. The van der Waals surface area contributed by atoms with Crippen molar-refractivity contribution in [1.82, 2.24) is 9.97 Å². The summed E-state index contributed by atoms with van der Waals surface area (Å²) in [5.41, 5.74) is 1.65. The average Bonchev–Trinajstić information content (AvgIpc) is 2.61. The number of anilines is 2. The Morgan fingerprint density at radius 1 is 0.833 bits per heavy atom. The van der Waals surface area contributed by atoms with Crippen molar-refractivity contribution in [3.05, 3.63) is 42.7 Å². The van der Waals surface area contributed by atoms with Crippen molar-refractivity contribution < 1.29 is 14.2 Å². The van der Waals surface area contributed by atoms with E-state index in [9.17, 15) is 0 Å². The van der Waals surface area contributed by atoms with Gasteiger partial charge in [-0.05, 0) is 24.3 Å². The summed E-state index contributed by atoms with van der Waals surface area (Å²) in [6.07, 6.45) is 1.52. The molecule has 24 heavy (non-hydrogen) atoms. The van der Waals surface area contributed by atoms with E-state index in [1.807, 2.05) is 36.4 Å². The molecule has 3 aromatic rings. The summed E-state index contributed by atoms with van der Waals surface area (Å²) in [5.74, 6) is 2.80. The van der Waals surface area contributed by atoms with E-state index in [4.69, 9.17) is 14.2 Å². The Morgan fingerprint density at radius 3 is 2.33 bits per heavy atom. The van der Waals surface area contributed by atoms with Crippen molar-refractivity contribution in [1.29, 1.82) is 0 Å². The van der Waals surface area contributed by atoms with Crippen molar-refractivity contribution in [3.63, 3.8) is 0 Å². The molecule has 0 amide bonds. The van der Waals surface area contributed by atoms with Crippen LogP contribution in [0.3, 0.4) is 0 Å². The van der Waals surface area contributed by atoms with Gasteiger partial charge >= 0.3 is 0 Å². The normalized spacial score (nSPS) is 9.96. The predicted octanol–water partition coefficient (Wildman–Crippen LogP) is 3.82. The van der Waals surface area contributed by atoms with Crippen molar-refractivity contribution in [2.75, 3.05) is 26.6 Å². The summed E-state index contributed by atoms with van der Waals surface area (Å²) >= 11 is 0. The van der Waals surface area contributed by atoms with Crippen molar-refractivity contribution in [3.8, 4) is 17.2 Å². The van der Waals surface area contributed by atoms with Gasteiger partial charge in [-0.3, -0.25) is 0 Å². The molecule has 1 N–H and O–H groups in total. The lowest BCUT2D eigenvalue weighted by Crippen LogP contribution is -1.98. The third-order valence-electron chi connectivity index (χ3n) is 3.49. The second kappa shape index (κ2) is 7.70. The van der Waals surface area contributed by atoms with E-state index in [0.717, 1.165) is 22.3 Å². The van der Waals surface area contributed by atoms with Gasteiger partial charge in [0.15, 0.2) is 11.5 Å². The summed E-state index contributed by atoms with van der Waals surface area (Å²) in [5, 5.41) is 4.19. The summed E-state index contributed by atoms with van der Waals surface area (Å²) < 4.78 is 15.8. The number of benzene rings is 2. The maximum atomic E-state index is 5.32. The second-order valence-corrected chi connectivity index (χ2v) is 4.80. The predicted molar refractivity (Wildman–Crippen MR) is 96.2 cm³/mol. The number of nitrogens with zero attached hydrogens (tertiary/aromatic N) is 2. The van der Waals surface area contributed by atoms with Crippen LogP contribution in [0.4, 0.5) is 11.5 Å². The highest BCUT2D eigenvalue weighted by molar-refractivity contribution is 5.91. The lowest BCUT2D eigenvalue weighted by atomic mass is 10.2. The standard InChI is InChI=1S/C17H17N3O3.ClH/c1-21-12-5-6-13-14(9-12)18-10-19-17(13)20-11-4-7-15(22-2)16(8-11)23-3;/h4-10H,1-3H3,(H,18,19,20);1H. The van der Waals surface area contributed by atoms with Crippen LogP contribution in [0.15, 0.2) is 42.7 Å². The molecule has 126 valence electrons. The van der Waals surface area contributed by atoms with E-state index >= 15 is 0 Å². The van der Waals surface area contributed by atoms with Crippen molar-refractivity contribution in [2.24, 2.45) is 0 Å². The van der Waals surface area contributed by atoms with Gasteiger partial charge in [-0.2, -0.15) is 0 Å². The molecule has 0 unspecified atom stereocenters. The Morgan fingerprint density at radius 2 is 1.62 bits per heavy atom. The van der Waals surface area contributed by atoms with Crippen molar-refractivity contribution in [2.45, 2.75) is 0 Å². The monoisotopic (exact) mass is 347 g/mol. The first-order chi connectivity index (χ1) is 11.2. The Bertz CT molecular complexity index is 842. The number of aromatic nitrogens is 2. The SMILES string of the molecule is COc1ccc2c(Nc3ccc(OC)c(OC)c3)ncnc2c1.Cl. The lowest BCUT2D eigenvalue weighted by Gasteiger charge is -2.12. The summed E-state index contributed by atoms with van der Waals surface area (Å²) in [6.45, 7) is 0. The van der Waals surface area contributed by atoms with Gasteiger partial charge in [0.2, 0.25) is 0 Å². The zero-order valence-corrected chi connectivity index (χ0v) is 14.4. The molecular formula is C17H18ClN3O3. The van der Waals surface area contributed by atoms with Crippen molar-refractivity contribution >= 4 is 34.8 Å². The Labute approximate surface area is 146 Å². The summed E-state index contributed by atoms with van der Waals surface area (Å²) in [7, 11) is 4.84. The Kier molecular flexibility index (Phi) is 5.65. The van der Waals surface area contributed by atoms with Gasteiger partial charge in [0.05, 0.1) is 26.8 Å². The smallest absolute Gasteiger partial charge is 0.162 e. The highest BCUT2D eigenvalue weighted by Crippen LogP contribution is 2.32. The molecule has 0 fully saturated rings. The quantitative estimate of drug-likeness (QED) is 0.756. The van der Waals surface area contributed by atoms with E-state index in [0.29, 0.717) is 17.3 Å². The molecule has 1 aromatic heterocycles. The van der Waals surface area contributed by atoms with Crippen LogP contribution in [0.5, 0.6) is 17.2 Å². The van der Waals surface area contributed by atoms with Gasteiger partial charge in [-0.1, -0.05) is 0 Å². The van der Waals surface area contributed by atoms with Gasteiger partial charge in [0, 0.05) is 23.2 Å². The number of hydrogen-bond acceptors (Lipinski definition) is 6. The molecule has 3 rings (SSSR count). The molecule has 0 radical (unpaired) electrons. The van der Waals surface area contributed by atoms with Gasteiger partial charge in [-0.25, -0.2) is 9.97 Å². The minimum Gasteiger partial charge on any atom is -0.497 e. The van der Waals surface area contributed by atoms with Crippen LogP contribution in [0.1, 0.15) is 0 Å². The van der Waals surface area contributed by atoms with Crippen LogP contribution in [0, 0.1) is 0 Å². The largest absolute Gasteiger partial charge is 0.497 e. The Hall–Kier alpha value is -2.73. The molecule has 1 heterocycles. The Balaban J connectivity index is 0.00000208. The minimum atomic E-state index is 0. The fraction of sp³-hybridized carbons (Fsp3) is 0.176. The number of hydrogen-bond donors (Lipinski definition) is 1. The first-order valence-corrected chi connectivity index (χ1v) is 7.03. The maximum absolute atomic E-state index is 5.32. The third-order valence-corrected chi connectivity index (χ3v) is 3.49. The van der Waals surface area contributed by atoms with E-state index in [1.165, 1.54) is 6.33 Å². The highest BCUT2D eigenvalue weighted by Gasteiger charge is 2.08. The van der Waals surface area contributed by atoms with Gasteiger partial charge in [0.1, 0.15) is 17.9 Å². The first-order valence-electron chi connectivity index (χ1n) is 7.03. The topological polar surface area (TPSA) is 65.5 Å². The zero-order valence-electron chi connectivity index (χ0n) is 13.6. The third kappa shape index (κ3) is 3.44.